The van der Waals surface area contributed by atoms with Crippen LogP contribution in [0.15, 0.2) is 0 Å². The number of fused-ring (bicyclic) bond motifs is 5. The smallest absolute Gasteiger partial charge is 0.302 e. The van der Waals surface area contributed by atoms with E-state index in [1.807, 2.05) is 0 Å². The fraction of sp³-hybridized carbons (Fsp3) is 0.931. The summed E-state index contributed by atoms with van der Waals surface area (Å²) in [6.45, 7) is 13.2. The largest absolute Gasteiger partial charge is 0.462 e. The first-order valence-electron chi connectivity index (χ1n) is 13.8. The summed E-state index contributed by atoms with van der Waals surface area (Å²) >= 11 is 0. The molecule has 0 unspecified atom stereocenters. The third-order valence-electron chi connectivity index (χ3n) is 11.1. The van der Waals surface area contributed by atoms with E-state index in [1.165, 1.54) is 45.4 Å². The van der Waals surface area contributed by atoms with Gasteiger partial charge in [0, 0.05) is 25.2 Å². The molecule has 4 saturated carbocycles. The zero-order valence-electron chi connectivity index (χ0n) is 22.0. The van der Waals surface area contributed by atoms with E-state index in [2.05, 4.69) is 34.6 Å². The summed E-state index contributed by atoms with van der Waals surface area (Å²) in [5, 5.41) is 11.8. The minimum Gasteiger partial charge on any atom is -0.462 e. The van der Waals surface area contributed by atoms with Crippen LogP contribution in [0.1, 0.15) is 112 Å². The summed E-state index contributed by atoms with van der Waals surface area (Å²) in [4.78, 5) is 25.1. The summed E-state index contributed by atoms with van der Waals surface area (Å²) in [6.07, 6.45) is 10.9. The Hall–Kier alpha value is -0.900. The van der Waals surface area contributed by atoms with E-state index in [1.54, 1.807) is 0 Å². The van der Waals surface area contributed by atoms with Crippen LogP contribution in [0.5, 0.6) is 0 Å². The van der Waals surface area contributed by atoms with Gasteiger partial charge in [0.15, 0.2) is 5.78 Å². The summed E-state index contributed by atoms with van der Waals surface area (Å²) in [7, 11) is 0. The van der Waals surface area contributed by atoms with Crippen LogP contribution in [0, 0.1) is 46.3 Å². The molecule has 0 bridgehead atoms. The molecule has 4 aliphatic carbocycles. The molecule has 0 heterocycles. The predicted octanol–water partition coefficient (Wildman–Crippen LogP) is 6.33. The molecule has 0 spiro atoms. The highest BCUT2D eigenvalue weighted by molar-refractivity contribution is 5.89. The maximum Gasteiger partial charge on any atom is 0.302 e. The predicted molar refractivity (Wildman–Crippen MR) is 130 cm³/mol. The molecular weight excluding hydrogens is 412 g/mol. The molecule has 0 radical (unpaired) electrons. The number of hydrogen-bond acceptors (Lipinski definition) is 4. The summed E-state index contributed by atoms with van der Waals surface area (Å²) < 4.78 is 5.46. The zero-order chi connectivity index (χ0) is 24.2. The zero-order valence-corrected chi connectivity index (χ0v) is 22.0. The number of esters is 1. The number of ketones is 1. The molecular formula is C29H48O4. The molecule has 4 nitrogen and oxygen atoms in total. The average molecular weight is 461 g/mol. The van der Waals surface area contributed by atoms with Gasteiger partial charge >= 0.3 is 5.97 Å². The number of carbonyl (C=O) groups excluding carboxylic acids is 2. The maximum atomic E-state index is 13.6. The first kappa shape index (κ1) is 25.2. The molecule has 4 heteroatoms. The Balaban J connectivity index is 1.52. The third kappa shape index (κ3) is 4.10. The number of aliphatic hydroxyl groups is 1. The molecule has 4 rings (SSSR count). The summed E-state index contributed by atoms with van der Waals surface area (Å²) in [6, 6.07) is 0. The van der Waals surface area contributed by atoms with Crippen molar-refractivity contribution < 1.29 is 19.4 Å². The van der Waals surface area contributed by atoms with Gasteiger partial charge in [-0.15, -0.1) is 0 Å². The van der Waals surface area contributed by atoms with Gasteiger partial charge in [0.25, 0.3) is 0 Å². The summed E-state index contributed by atoms with van der Waals surface area (Å²) in [5.41, 5.74) is -1.41. The highest BCUT2D eigenvalue weighted by Crippen LogP contribution is 2.68. The first-order chi connectivity index (χ1) is 15.4. The number of carbonyl (C=O) groups is 2. The lowest BCUT2D eigenvalue weighted by Gasteiger charge is -2.63. The standard InChI is InChI=1S/C29H48O4/c1-18(2)8-7-9-19(3)23-10-11-24-22-16-26(31)29(32)17-21(33-20(4)30)12-15-28(29,6)25(22)13-14-27(23,24)5/h18-19,21-25,32H,7-17H2,1-6H3/t19-,21+,22-,23-,24-,25-,27-,28-,29+/m1/s1. The van der Waals surface area contributed by atoms with Gasteiger partial charge < -0.3 is 9.84 Å². The third-order valence-corrected chi connectivity index (χ3v) is 11.1. The normalized spacial score (nSPS) is 45.8. The molecule has 4 aliphatic rings. The number of rotatable bonds is 6. The van der Waals surface area contributed by atoms with Crippen molar-refractivity contribution in [2.75, 3.05) is 0 Å². The maximum absolute atomic E-state index is 13.6. The van der Waals surface area contributed by atoms with E-state index in [0.717, 1.165) is 37.0 Å². The van der Waals surface area contributed by atoms with Crippen LogP contribution in [0.3, 0.4) is 0 Å². The van der Waals surface area contributed by atoms with Crippen molar-refractivity contribution in [3.63, 3.8) is 0 Å². The van der Waals surface area contributed by atoms with Crippen LogP contribution in [-0.4, -0.2) is 28.6 Å². The fourth-order valence-corrected chi connectivity index (χ4v) is 9.36. The van der Waals surface area contributed by atoms with Gasteiger partial charge in [0.1, 0.15) is 11.7 Å². The van der Waals surface area contributed by atoms with Gasteiger partial charge in [-0.3, -0.25) is 9.59 Å². The van der Waals surface area contributed by atoms with Gasteiger partial charge in [-0.05, 0) is 79.4 Å². The Morgan fingerprint density at radius 2 is 1.79 bits per heavy atom. The van der Waals surface area contributed by atoms with Gasteiger partial charge in [0.2, 0.25) is 0 Å². The molecule has 0 aliphatic heterocycles. The lowest BCUT2D eigenvalue weighted by Crippen LogP contribution is -2.67. The average Bonchev–Trinajstić information content (AvgIpc) is 3.07. The Labute approximate surface area is 201 Å². The van der Waals surface area contributed by atoms with Gasteiger partial charge in [-0.25, -0.2) is 0 Å². The molecule has 0 saturated heterocycles. The van der Waals surface area contributed by atoms with Crippen LogP contribution in [-0.2, 0) is 14.3 Å². The quantitative estimate of drug-likeness (QED) is 0.470. The van der Waals surface area contributed by atoms with E-state index in [9.17, 15) is 14.7 Å². The van der Waals surface area contributed by atoms with Gasteiger partial charge in [-0.1, -0.05) is 53.9 Å². The topological polar surface area (TPSA) is 63.6 Å². The van der Waals surface area contributed by atoms with Crippen molar-refractivity contribution in [1.82, 2.24) is 0 Å². The Kier molecular flexibility index (Phi) is 6.84. The van der Waals surface area contributed by atoms with E-state index in [-0.39, 0.29) is 24.3 Å². The highest BCUT2D eigenvalue weighted by atomic mass is 16.5. The molecule has 0 aromatic carbocycles. The Bertz CT molecular complexity index is 761. The van der Waals surface area contributed by atoms with Gasteiger partial charge in [0.05, 0.1) is 0 Å². The number of ether oxygens (including phenoxy) is 1. The Morgan fingerprint density at radius 1 is 1.06 bits per heavy atom. The van der Waals surface area contributed by atoms with Crippen LogP contribution in [0.2, 0.25) is 0 Å². The van der Waals surface area contributed by atoms with E-state index < -0.39 is 11.0 Å². The van der Waals surface area contributed by atoms with E-state index in [4.69, 9.17) is 4.74 Å². The monoisotopic (exact) mass is 460 g/mol. The fourth-order valence-electron chi connectivity index (χ4n) is 9.36. The lowest BCUT2D eigenvalue weighted by molar-refractivity contribution is -0.217. The molecule has 188 valence electrons. The second-order valence-electron chi connectivity index (χ2n) is 13.3. The van der Waals surface area contributed by atoms with Crippen molar-refractivity contribution in [1.29, 1.82) is 0 Å². The molecule has 0 aromatic rings. The van der Waals surface area contributed by atoms with E-state index in [0.29, 0.717) is 29.6 Å². The van der Waals surface area contributed by atoms with E-state index >= 15 is 0 Å². The van der Waals surface area contributed by atoms with Crippen LogP contribution < -0.4 is 0 Å². The van der Waals surface area contributed by atoms with Gasteiger partial charge in [-0.2, -0.15) is 0 Å². The van der Waals surface area contributed by atoms with Crippen molar-refractivity contribution >= 4 is 11.8 Å². The Morgan fingerprint density at radius 3 is 2.45 bits per heavy atom. The van der Waals surface area contributed by atoms with Crippen molar-refractivity contribution in [3.05, 3.63) is 0 Å². The SMILES string of the molecule is CC(=O)O[C@H]1CC[C@]2(C)[C@@H]3CC[C@@]4(C)[C@H](CC[C@@H]4[C@H](C)CCCC(C)C)[C@H]3CC(=O)[C@@]2(O)C1. The summed E-state index contributed by atoms with van der Waals surface area (Å²) in [5.74, 6) is 3.39. The lowest BCUT2D eigenvalue weighted by atomic mass is 9.42. The first-order valence-corrected chi connectivity index (χ1v) is 13.8. The van der Waals surface area contributed by atoms with Crippen molar-refractivity contribution in [2.24, 2.45) is 46.3 Å². The number of hydrogen-bond donors (Lipinski definition) is 1. The second kappa shape index (κ2) is 8.95. The molecule has 1 N–H and O–H groups in total. The van der Waals surface area contributed by atoms with Crippen molar-refractivity contribution in [2.45, 2.75) is 124 Å². The minimum absolute atomic E-state index is 0.0146. The van der Waals surface area contributed by atoms with Crippen LogP contribution in [0.25, 0.3) is 0 Å². The molecule has 0 amide bonds. The highest BCUT2D eigenvalue weighted by Gasteiger charge is 2.68. The van der Waals surface area contributed by atoms with Crippen LogP contribution in [0.4, 0.5) is 0 Å². The number of Topliss-reactive ketones (excluding diaryl/α,β-unsaturated/α-hetero) is 1. The minimum atomic E-state index is -1.34. The van der Waals surface area contributed by atoms with Crippen LogP contribution >= 0.6 is 0 Å². The second-order valence-corrected chi connectivity index (χ2v) is 13.3. The molecule has 4 fully saturated rings. The molecule has 0 aromatic heterocycles. The van der Waals surface area contributed by atoms with Crippen molar-refractivity contribution in [3.8, 4) is 0 Å². The molecule has 33 heavy (non-hydrogen) atoms. The molecule has 9 atom stereocenters.